The van der Waals surface area contributed by atoms with E-state index in [1.807, 2.05) is 23.1 Å². The Morgan fingerprint density at radius 2 is 1.79 bits per heavy atom. The lowest BCUT2D eigenvalue weighted by atomic mass is 9.88. The van der Waals surface area contributed by atoms with E-state index in [1.54, 1.807) is 6.20 Å². The molecule has 174 valence electrons. The zero-order chi connectivity index (χ0) is 23.3. The van der Waals surface area contributed by atoms with Crippen LogP contribution < -0.4 is 0 Å². The SMILES string of the molecule is O=C(O)c1ccnc2cc(-c3ccc([C@H]4CC45CCN(C(=O)C4CCCO4)CC5)cc3)ccc12. The van der Waals surface area contributed by atoms with Crippen molar-refractivity contribution in [1.82, 2.24) is 9.88 Å². The number of hydrogen-bond donors (Lipinski definition) is 1. The molecule has 0 bridgehead atoms. The van der Waals surface area contributed by atoms with Gasteiger partial charge in [-0.05, 0) is 72.3 Å². The van der Waals surface area contributed by atoms with E-state index >= 15 is 0 Å². The van der Waals surface area contributed by atoms with Crippen molar-refractivity contribution in [2.45, 2.75) is 44.1 Å². The molecule has 34 heavy (non-hydrogen) atoms. The second-order valence-electron chi connectivity index (χ2n) is 9.96. The summed E-state index contributed by atoms with van der Waals surface area (Å²) in [5, 5.41) is 10.1. The number of amides is 1. The molecule has 0 radical (unpaired) electrons. The highest BCUT2D eigenvalue weighted by molar-refractivity contribution is 6.03. The fourth-order valence-corrected chi connectivity index (χ4v) is 5.94. The first-order valence-corrected chi connectivity index (χ1v) is 12.2. The molecule has 6 nitrogen and oxygen atoms in total. The van der Waals surface area contributed by atoms with Gasteiger partial charge in [-0.2, -0.15) is 0 Å². The van der Waals surface area contributed by atoms with Crippen molar-refractivity contribution in [3.63, 3.8) is 0 Å². The van der Waals surface area contributed by atoms with Crippen LogP contribution in [0.4, 0.5) is 0 Å². The van der Waals surface area contributed by atoms with Gasteiger partial charge >= 0.3 is 5.97 Å². The molecule has 1 amide bonds. The Morgan fingerprint density at radius 1 is 1.03 bits per heavy atom. The summed E-state index contributed by atoms with van der Waals surface area (Å²) in [6.07, 6.45) is 6.53. The van der Waals surface area contributed by atoms with Crippen molar-refractivity contribution in [3.8, 4) is 11.1 Å². The maximum absolute atomic E-state index is 12.7. The first kappa shape index (κ1) is 21.3. The Labute approximate surface area is 198 Å². The standard InChI is InChI=1S/C28H28N2O4/c31-26(25-2-1-15-34-25)30-13-10-28(11-14-30)17-23(28)19-5-3-18(4-6-19)20-7-8-21-22(27(32)33)9-12-29-24(21)16-20/h3-9,12,16,23,25H,1-2,10-11,13-15,17H2,(H,32,33)/t23-,25?/m1/s1. The normalized spacial score (nSPS) is 23.4. The van der Waals surface area contributed by atoms with Crippen molar-refractivity contribution < 1.29 is 19.4 Å². The van der Waals surface area contributed by atoms with Crippen LogP contribution in [-0.2, 0) is 9.53 Å². The van der Waals surface area contributed by atoms with Crippen LogP contribution in [0.15, 0.2) is 54.7 Å². The fraction of sp³-hybridized carbons (Fsp3) is 0.393. The van der Waals surface area contributed by atoms with E-state index in [4.69, 9.17) is 4.74 Å². The number of carbonyl (C=O) groups is 2. The second-order valence-corrected chi connectivity index (χ2v) is 9.96. The van der Waals surface area contributed by atoms with E-state index in [-0.39, 0.29) is 17.6 Å². The van der Waals surface area contributed by atoms with Gasteiger partial charge < -0.3 is 14.7 Å². The Bertz CT molecular complexity index is 1260. The summed E-state index contributed by atoms with van der Waals surface area (Å²) in [7, 11) is 0. The minimum atomic E-state index is -0.940. The van der Waals surface area contributed by atoms with Crippen LogP contribution in [0.2, 0.25) is 0 Å². The van der Waals surface area contributed by atoms with Gasteiger partial charge in [-0.1, -0.05) is 36.4 Å². The maximum atomic E-state index is 12.7. The molecule has 1 N–H and O–H groups in total. The molecule has 6 rings (SSSR count). The second kappa shape index (κ2) is 8.20. The Hall–Kier alpha value is -3.25. The molecule has 2 atom stereocenters. The number of fused-ring (bicyclic) bond motifs is 1. The van der Waals surface area contributed by atoms with Crippen LogP contribution in [-0.4, -0.2) is 52.7 Å². The van der Waals surface area contributed by atoms with Crippen molar-refractivity contribution in [1.29, 1.82) is 0 Å². The maximum Gasteiger partial charge on any atom is 0.336 e. The van der Waals surface area contributed by atoms with Crippen molar-refractivity contribution in [2.75, 3.05) is 19.7 Å². The predicted octanol–water partition coefficient (Wildman–Crippen LogP) is 4.88. The lowest BCUT2D eigenvalue weighted by Crippen LogP contribution is -2.44. The van der Waals surface area contributed by atoms with E-state index in [9.17, 15) is 14.7 Å². The molecule has 2 aliphatic heterocycles. The first-order chi connectivity index (χ1) is 16.5. The van der Waals surface area contributed by atoms with Crippen LogP contribution in [0, 0.1) is 5.41 Å². The monoisotopic (exact) mass is 456 g/mol. The molecule has 1 aliphatic carbocycles. The van der Waals surface area contributed by atoms with Crippen LogP contribution in [0.25, 0.3) is 22.0 Å². The van der Waals surface area contributed by atoms with Crippen LogP contribution in [0.5, 0.6) is 0 Å². The molecule has 1 spiro atoms. The highest BCUT2D eigenvalue weighted by atomic mass is 16.5. The Kier molecular flexibility index (Phi) is 5.14. The van der Waals surface area contributed by atoms with E-state index in [0.29, 0.717) is 28.8 Å². The number of benzene rings is 2. The predicted molar refractivity (Wildman–Crippen MR) is 129 cm³/mol. The van der Waals surface area contributed by atoms with Gasteiger partial charge in [-0.15, -0.1) is 0 Å². The number of hydrogen-bond acceptors (Lipinski definition) is 4. The van der Waals surface area contributed by atoms with Gasteiger partial charge in [-0.3, -0.25) is 9.78 Å². The largest absolute Gasteiger partial charge is 0.478 e. The molecule has 1 aromatic heterocycles. The van der Waals surface area contributed by atoms with Crippen molar-refractivity contribution >= 4 is 22.8 Å². The summed E-state index contributed by atoms with van der Waals surface area (Å²) in [6, 6.07) is 16.1. The third-order valence-electron chi connectivity index (χ3n) is 8.09. The third kappa shape index (κ3) is 3.66. The molecule has 1 unspecified atom stereocenters. The summed E-state index contributed by atoms with van der Waals surface area (Å²) in [4.78, 5) is 30.5. The molecular formula is C28H28N2O4. The van der Waals surface area contributed by atoms with Crippen molar-refractivity contribution in [2.24, 2.45) is 5.41 Å². The zero-order valence-electron chi connectivity index (χ0n) is 19.1. The first-order valence-electron chi connectivity index (χ1n) is 12.2. The molecule has 3 aromatic rings. The lowest BCUT2D eigenvalue weighted by Gasteiger charge is -2.34. The molecule has 3 aliphatic rings. The van der Waals surface area contributed by atoms with E-state index in [1.165, 1.54) is 18.1 Å². The van der Waals surface area contributed by atoms with Crippen LogP contribution in [0.3, 0.4) is 0 Å². The number of pyridine rings is 1. The number of aromatic carboxylic acids is 1. The number of carboxylic acids is 1. The number of aromatic nitrogens is 1. The topological polar surface area (TPSA) is 79.7 Å². The van der Waals surface area contributed by atoms with Gasteiger partial charge in [0.2, 0.25) is 0 Å². The summed E-state index contributed by atoms with van der Waals surface area (Å²) >= 11 is 0. The average Bonchev–Trinajstić information content (AvgIpc) is 3.28. The molecule has 3 fully saturated rings. The van der Waals surface area contributed by atoms with Crippen LogP contribution >= 0.6 is 0 Å². The van der Waals surface area contributed by atoms with Gasteiger partial charge in [0.15, 0.2) is 0 Å². The number of ether oxygens (including phenoxy) is 1. The smallest absolute Gasteiger partial charge is 0.336 e. The fourth-order valence-electron chi connectivity index (χ4n) is 5.94. The molecule has 2 saturated heterocycles. The van der Waals surface area contributed by atoms with Gasteiger partial charge in [0.25, 0.3) is 5.91 Å². The van der Waals surface area contributed by atoms with Crippen LogP contribution in [0.1, 0.15) is 53.9 Å². The van der Waals surface area contributed by atoms with Gasteiger partial charge in [0.1, 0.15) is 6.10 Å². The molecule has 2 aromatic carbocycles. The summed E-state index contributed by atoms with van der Waals surface area (Å²) < 4.78 is 5.59. The highest BCUT2D eigenvalue weighted by Gasteiger charge is 2.55. The summed E-state index contributed by atoms with van der Waals surface area (Å²) in [5.41, 5.74) is 4.80. The minimum absolute atomic E-state index is 0.189. The number of piperidine rings is 1. The number of likely N-dealkylation sites (tertiary alicyclic amines) is 1. The summed E-state index contributed by atoms with van der Waals surface area (Å²) in [6.45, 7) is 2.40. The number of rotatable bonds is 4. The average molecular weight is 457 g/mol. The quantitative estimate of drug-likeness (QED) is 0.606. The third-order valence-corrected chi connectivity index (χ3v) is 8.09. The van der Waals surface area contributed by atoms with Gasteiger partial charge in [0.05, 0.1) is 11.1 Å². The van der Waals surface area contributed by atoms with Crippen molar-refractivity contribution in [3.05, 3.63) is 65.9 Å². The summed E-state index contributed by atoms with van der Waals surface area (Å²) in [5.74, 6) is -0.183. The van der Waals surface area contributed by atoms with Gasteiger partial charge in [0, 0.05) is 31.3 Å². The number of carboxylic acid groups (broad SMARTS) is 1. The van der Waals surface area contributed by atoms with E-state index in [0.717, 1.165) is 49.9 Å². The lowest BCUT2D eigenvalue weighted by molar-refractivity contribution is -0.142. The molecular weight excluding hydrogens is 428 g/mol. The molecule has 3 heterocycles. The highest BCUT2D eigenvalue weighted by Crippen LogP contribution is 2.65. The number of carbonyl (C=O) groups excluding carboxylic acids is 1. The molecule has 1 saturated carbocycles. The molecule has 6 heteroatoms. The minimum Gasteiger partial charge on any atom is -0.478 e. The Balaban J connectivity index is 1.14. The number of nitrogens with zero attached hydrogens (tertiary/aromatic N) is 2. The van der Waals surface area contributed by atoms with E-state index in [2.05, 4.69) is 29.2 Å². The van der Waals surface area contributed by atoms with E-state index < -0.39 is 5.97 Å². The Morgan fingerprint density at radius 3 is 2.50 bits per heavy atom. The zero-order valence-corrected chi connectivity index (χ0v) is 19.1. The van der Waals surface area contributed by atoms with Gasteiger partial charge in [-0.25, -0.2) is 4.79 Å².